The summed E-state index contributed by atoms with van der Waals surface area (Å²) >= 11 is 6.24. The second-order valence-corrected chi connectivity index (χ2v) is 8.06. The summed E-state index contributed by atoms with van der Waals surface area (Å²) in [6.07, 6.45) is 1.86. The summed E-state index contributed by atoms with van der Waals surface area (Å²) in [6.45, 7) is 9.79. The smallest absolute Gasteiger partial charge is 0.188 e. The van der Waals surface area contributed by atoms with Gasteiger partial charge in [-0.05, 0) is 42.5 Å². The minimum Gasteiger partial charge on any atom is -0.495 e. The molecule has 0 radical (unpaired) electrons. The lowest BCUT2D eigenvalue weighted by Crippen LogP contribution is -2.35. The Bertz CT molecular complexity index is 1120. The van der Waals surface area contributed by atoms with E-state index in [2.05, 4.69) is 25.3 Å². The molecular formula is C23H24ClN5O2. The number of methoxy groups -OCH3 is 1. The average Bonchev–Trinajstić information content (AvgIpc) is 2.82. The molecule has 0 amide bonds. The summed E-state index contributed by atoms with van der Waals surface area (Å²) in [5.74, 6) is 2.43. The summed E-state index contributed by atoms with van der Waals surface area (Å²) in [4.78, 5) is 5.79. The standard InChI is InChI=1S/C23H24ClN5O2/c1-25-17-4-5-18-19(12-17)22(26-13-16-3-6-21(31-2)20(24)11-16)27-28-23(18)29-9-7-15(14-30)8-10-29/h3-6,11-12,15,30H,7-10,13-14H2,2H3,(H,26,27). The summed E-state index contributed by atoms with van der Waals surface area (Å²) in [7, 11) is 1.59. The van der Waals surface area contributed by atoms with Crippen LogP contribution >= 0.6 is 11.6 Å². The number of hydrogen-bond donors (Lipinski definition) is 2. The third-order valence-electron chi connectivity index (χ3n) is 5.72. The van der Waals surface area contributed by atoms with E-state index < -0.39 is 0 Å². The number of ether oxygens (including phenoxy) is 1. The number of nitrogens with one attached hydrogen (secondary N) is 1. The van der Waals surface area contributed by atoms with Crippen molar-refractivity contribution < 1.29 is 9.84 Å². The van der Waals surface area contributed by atoms with Gasteiger partial charge in [-0.2, -0.15) is 0 Å². The van der Waals surface area contributed by atoms with Gasteiger partial charge in [-0.1, -0.05) is 29.8 Å². The van der Waals surface area contributed by atoms with Gasteiger partial charge in [0, 0.05) is 37.0 Å². The fourth-order valence-corrected chi connectivity index (χ4v) is 4.18. The van der Waals surface area contributed by atoms with Crippen LogP contribution in [-0.2, 0) is 6.54 Å². The molecule has 4 rings (SSSR count). The van der Waals surface area contributed by atoms with Gasteiger partial charge in [0.1, 0.15) is 5.75 Å². The zero-order valence-electron chi connectivity index (χ0n) is 17.3. The molecule has 160 valence electrons. The van der Waals surface area contributed by atoms with Crippen LogP contribution < -0.4 is 15.0 Å². The molecule has 3 aromatic rings. The number of hydrogen-bond acceptors (Lipinski definition) is 6. The number of halogens is 1. The van der Waals surface area contributed by atoms with Crippen molar-refractivity contribution in [1.29, 1.82) is 0 Å². The van der Waals surface area contributed by atoms with Gasteiger partial charge >= 0.3 is 0 Å². The van der Waals surface area contributed by atoms with E-state index in [1.54, 1.807) is 7.11 Å². The van der Waals surface area contributed by atoms with Crippen molar-refractivity contribution in [2.24, 2.45) is 5.92 Å². The van der Waals surface area contributed by atoms with Crippen molar-refractivity contribution >= 4 is 39.7 Å². The van der Waals surface area contributed by atoms with Gasteiger partial charge in [0.05, 0.1) is 18.7 Å². The van der Waals surface area contributed by atoms with Crippen molar-refractivity contribution in [1.82, 2.24) is 10.2 Å². The van der Waals surface area contributed by atoms with Crippen LogP contribution in [0.4, 0.5) is 17.3 Å². The normalized spacial score (nSPS) is 14.5. The van der Waals surface area contributed by atoms with Gasteiger partial charge in [-0.15, -0.1) is 10.2 Å². The fourth-order valence-electron chi connectivity index (χ4n) is 3.89. The maximum Gasteiger partial charge on any atom is 0.188 e. The van der Waals surface area contributed by atoms with Gasteiger partial charge in [-0.25, -0.2) is 4.85 Å². The van der Waals surface area contributed by atoms with Crippen LogP contribution in [0.3, 0.4) is 0 Å². The zero-order valence-corrected chi connectivity index (χ0v) is 18.1. The SMILES string of the molecule is [C-]#[N+]c1ccc2c(N3CCC(CO)CC3)nnc(NCc3ccc(OC)c(Cl)c3)c2c1. The molecule has 0 atom stereocenters. The maximum atomic E-state index is 9.41. The summed E-state index contributed by atoms with van der Waals surface area (Å²) in [5, 5.41) is 24.1. The number of aromatic nitrogens is 2. The third kappa shape index (κ3) is 4.50. The van der Waals surface area contributed by atoms with Crippen LogP contribution in [0.1, 0.15) is 18.4 Å². The van der Waals surface area contributed by atoms with E-state index in [1.165, 1.54) is 0 Å². The highest BCUT2D eigenvalue weighted by atomic mass is 35.5. The Hall–Kier alpha value is -3.08. The summed E-state index contributed by atoms with van der Waals surface area (Å²) in [5.41, 5.74) is 1.54. The monoisotopic (exact) mass is 437 g/mol. The van der Waals surface area contributed by atoms with Crippen LogP contribution in [-0.4, -0.2) is 42.1 Å². The van der Waals surface area contributed by atoms with E-state index in [9.17, 15) is 5.11 Å². The lowest BCUT2D eigenvalue weighted by Gasteiger charge is -2.32. The zero-order chi connectivity index (χ0) is 21.8. The highest BCUT2D eigenvalue weighted by Gasteiger charge is 2.22. The first kappa shape index (κ1) is 21.2. The minimum atomic E-state index is 0.229. The van der Waals surface area contributed by atoms with E-state index in [0.29, 0.717) is 34.7 Å². The van der Waals surface area contributed by atoms with Gasteiger partial charge in [0.15, 0.2) is 17.3 Å². The van der Waals surface area contributed by atoms with E-state index in [4.69, 9.17) is 22.9 Å². The van der Waals surface area contributed by atoms with Crippen LogP contribution in [0.15, 0.2) is 36.4 Å². The first-order chi connectivity index (χ1) is 15.1. The quantitative estimate of drug-likeness (QED) is 0.546. The highest BCUT2D eigenvalue weighted by Crippen LogP contribution is 2.34. The Labute approximate surface area is 186 Å². The molecule has 1 fully saturated rings. The average molecular weight is 438 g/mol. The number of rotatable bonds is 6. The number of nitrogens with zero attached hydrogens (tertiary/aromatic N) is 4. The topological polar surface area (TPSA) is 74.9 Å². The lowest BCUT2D eigenvalue weighted by molar-refractivity contribution is 0.203. The number of anilines is 2. The summed E-state index contributed by atoms with van der Waals surface area (Å²) in [6, 6.07) is 11.2. The Morgan fingerprint density at radius 3 is 2.68 bits per heavy atom. The minimum absolute atomic E-state index is 0.229. The molecular weight excluding hydrogens is 414 g/mol. The molecule has 1 aromatic heterocycles. The van der Waals surface area contributed by atoms with E-state index >= 15 is 0 Å². The predicted molar refractivity (Wildman–Crippen MR) is 123 cm³/mol. The predicted octanol–water partition coefficient (Wildman–Crippen LogP) is 4.66. The molecule has 7 nitrogen and oxygen atoms in total. The Morgan fingerprint density at radius 1 is 1.19 bits per heavy atom. The first-order valence-electron chi connectivity index (χ1n) is 10.2. The van der Waals surface area contributed by atoms with Crippen molar-refractivity contribution in [3.63, 3.8) is 0 Å². The van der Waals surface area contributed by atoms with E-state index in [0.717, 1.165) is 48.1 Å². The molecule has 2 N–H and O–H groups in total. The largest absolute Gasteiger partial charge is 0.495 e. The second kappa shape index (κ2) is 9.38. The molecule has 1 saturated heterocycles. The van der Waals surface area contributed by atoms with Gasteiger partial charge in [0.2, 0.25) is 0 Å². The van der Waals surface area contributed by atoms with Gasteiger partial charge in [0.25, 0.3) is 0 Å². The second-order valence-electron chi connectivity index (χ2n) is 7.65. The van der Waals surface area contributed by atoms with Crippen LogP contribution in [0.25, 0.3) is 15.6 Å². The van der Waals surface area contributed by atoms with Crippen molar-refractivity contribution in [3.8, 4) is 5.75 Å². The number of benzene rings is 2. The van der Waals surface area contributed by atoms with Crippen LogP contribution in [0.2, 0.25) is 5.02 Å². The molecule has 0 spiro atoms. The van der Waals surface area contributed by atoms with Crippen LogP contribution in [0.5, 0.6) is 5.75 Å². The number of piperidine rings is 1. The molecule has 1 aliphatic heterocycles. The molecule has 8 heteroatoms. The fraction of sp³-hybridized carbons (Fsp3) is 0.348. The molecule has 1 aliphatic rings. The highest BCUT2D eigenvalue weighted by molar-refractivity contribution is 6.32. The molecule has 0 saturated carbocycles. The molecule has 2 heterocycles. The van der Waals surface area contributed by atoms with E-state index in [1.807, 2.05) is 36.4 Å². The Morgan fingerprint density at radius 2 is 2.00 bits per heavy atom. The molecule has 2 aromatic carbocycles. The van der Waals surface area contributed by atoms with Crippen LogP contribution in [0, 0.1) is 12.5 Å². The molecule has 0 bridgehead atoms. The van der Waals surface area contributed by atoms with E-state index in [-0.39, 0.29) is 6.61 Å². The van der Waals surface area contributed by atoms with Crippen molar-refractivity contribution in [2.75, 3.05) is 37.0 Å². The number of aliphatic hydroxyl groups is 1. The maximum absolute atomic E-state index is 9.41. The van der Waals surface area contributed by atoms with Crippen molar-refractivity contribution in [3.05, 3.63) is 58.4 Å². The number of aliphatic hydroxyl groups excluding tert-OH is 1. The molecule has 0 aliphatic carbocycles. The van der Waals surface area contributed by atoms with Gasteiger partial charge in [-0.3, -0.25) is 0 Å². The summed E-state index contributed by atoms with van der Waals surface area (Å²) < 4.78 is 5.21. The number of fused-ring (bicyclic) bond motifs is 1. The molecule has 31 heavy (non-hydrogen) atoms. The first-order valence-corrected chi connectivity index (χ1v) is 10.6. The van der Waals surface area contributed by atoms with Crippen molar-refractivity contribution in [2.45, 2.75) is 19.4 Å². The Kier molecular flexibility index (Phi) is 6.40. The Balaban J connectivity index is 1.63. The lowest BCUT2D eigenvalue weighted by atomic mass is 9.97. The third-order valence-corrected chi connectivity index (χ3v) is 6.02. The van der Waals surface area contributed by atoms with Gasteiger partial charge < -0.3 is 20.1 Å². The molecule has 0 unspecified atom stereocenters.